The van der Waals surface area contributed by atoms with Gasteiger partial charge >= 0.3 is 12.1 Å². The molecule has 61 heavy (non-hydrogen) atoms. The number of alkyl halides is 3. The summed E-state index contributed by atoms with van der Waals surface area (Å²) in [5, 5.41) is 14.1. The van der Waals surface area contributed by atoms with Crippen LogP contribution in [-0.4, -0.2) is 63.9 Å². The van der Waals surface area contributed by atoms with Gasteiger partial charge in [-0.25, -0.2) is 9.97 Å². The summed E-state index contributed by atoms with van der Waals surface area (Å²) in [5.74, 6) is 0.215. The van der Waals surface area contributed by atoms with Crippen LogP contribution in [0, 0.1) is 17.8 Å². The Balaban J connectivity index is 1.09. The van der Waals surface area contributed by atoms with Gasteiger partial charge in [-0.2, -0.15) is 13.2 Å². The molecule has 1 heterocycles. The molecule has 0 saturated heterocycles. The summed E-state index contributed by atoms with van der Waals surface area (Å²) in [5.41, 5.74) is 3.03. The fraction of sp³-hybridized carbons (Fsp3) is 0.404. The fourth-order valence-corrected chi connectivity index (χ4v) is 8.33. The number of aliphatic carboxylic acids is 1. The van der Waals surface area contributed by atoms with Crippen LogP contribution in [0.1, 0.15) is 97.3 Å². The second-order valence-corrected chi connectivity index (χ2v) is 15.9. The quantitative estimate of drug-likeness (QED) is 0.101. The molecule has 3 amide bonds. The van der Waals surface area contributed by atoms with Crippen molar-refractivity contribution in [2.75, 3.05) is 25.5 Å². The number of carboxylic acid groups (broad SMARTS) is 1. The van der Waals surface area contributed by atoms with Gasteiger partial charge in [-0.1, -0.05) is 62.6 Å². The maximum atomic E-state index is 13.8. The van der Waals surface area contributed by atoms with Gasteiger partial charge in [0.05, 0.1) is 25.5 Å². The van der Waals surface area contributed by atoms with Gasteiger partial charge in [-0.15, -0.1) is 0 Å². The predicted molar refractivity (Wildman–Crippen MR) is 225 cm³/mol. The maximum Gasteiger partial charge on any atom is 0.416 e. The van der Waals surface area contributed by atoms with Crippen molar-refractivity contribution < 1.29 is 42.2 Å². The Hall–Kier alpha value is -6.05. The first-order valence-corrected chi connectivity index (χ1v) is 20.8. The van der Waals surface area contributed by atoms with E-state index in [1.807, 2.05) is 36.7 Å². The zero-order chi connectivity index (χ0) is 43.5. The Morgan fingerprint density at radius 3 is 2.18 bits per heavy atom. The first kappa shape index (κ1) is 44.5. The number of anilines is 1. The van der Waals surface area contributed by atoms with Gasteiger partial charge in [0, 0.05) is 47.9 Å². The standard InChI is InChI=1S/C47H52F3N5O6/c1-3-30-4-8-32(9-5-30)33-12-14-34(15-13-33)38-26-52-45(53-27-38)35-10-6-31(7-11-35)28-55(29-43(57)51-23-22-44(58)59)46(60)36-16-19-39(20-17-36)54-42(56)24-37-18-21-40(61-2)25-41(37)47(48,49)50/h6-7,10-11,14,16-21,25-27,30,32-33H,3-5,8-9,12-13,15,22-24,28-29H2,1-2H3,(H,51,57)(H,54,56)(H,58,59)/t30-,32-,33?. The van der Waals surface area contributed by atoms with Gasteiger partial charge in [0.15, 0.2) is 5.82 Å². The van der Waals surface area contributed by atoms with Crippen LogP contribution in [0.4, 0.5) is 18.9 Å². The van der Waals surface area contributed by atoms with Crippen LogP contribution < -0.4 is 15.4 Å². The summed E-state index contributed by atoms with van der Waals surface area (Å²) in [4.78, 5) is 61.1. The average molecular weight is 840 g/mol. The van der Waals surface area contributed by atoms with Crippen molar-refractivity contribution >= 4 is 35.0 Å². The van der Waals surface area contributed by atoms with E-state index >= 15 is 0 Å². The number of nitrogens with one attached hydrogen (secondary N) is 2. The molecule has 3 N–H and O–H groups in total. The Labute approximate surface area is 353 Å². The van der Waals surface area contributed by atoms with Crippen molar-refractivity contribution in [3.63, 3.8) is 0 Å². The number of hydrogen-bond donors (Lipinski definition) is 3. The SMILES string of the molecule is CC[C@H]1CC[C@H](C2CC=C(c3cnc(-c4ccc(CN(CC(=O)NCCC(=O)O)C(=O)c5ccc(NC(=O)Cc6ccc(OC)cc6C(F)(F)F)cc5)cc4)nc3)CC2)CC1. The van der Waals surface area contributed by atoms with Crippen molar-refractivity contribution in [1.29, 1.82) is 0 Å². The van der Waals surface area contributed by atoms with Gasteiger partial charge in [0.25, 0.3) is 5.91 Å². The van der Waals surface area contributed by atoms with E-state index < -0.39 is 41.9 Å². The number of carbonyl (C=O) groups excluding carboxylic acids is 3. The first-order chi connectivity index (χ1) is 29.3. The smallest absolute Gasteiger partial charge is 0.416 e. The molecule has 2 aliphatic carbocycles. The van der Waals surface area contributed by atoms with E-state index in [1.165, 1.54) is 92.5 Å². The molecule has 322 valence electrons. The Morgan fingerprint density at radius 2 is 1.57 bits per heavy atom. The van der Waals surface area contributed by atoms with E-state index in [-0.39, 0.29) is 48.6 Å². The molecule has 0 bridgehead atoms. The lowest BCUT2D eigenvalue weighted by Crippen LogP contribution is -2.40. The second kappa shape index (κ2) is 20.5. The average Bonchev–Trinajstić information content (AvgIpc) is 3.26. The van der Waals surface area contributed by atoms with Gasteiger partial charge < -0.3 is 25.4 Å². The van der Waals surface area contributed by atoms with E-state index in [2.05, 4.69) is 33.6 Å². The minimum absolute atomic E-state index is 0.00970. The lowest BCUT2D eigenvalue weighted by Gasteiger charge is -2.35. The van der Waals surface area contributed by atoms with E-state index in [4.69, 9.17) is 9.84 Å². The van der Waals surface area contributed by atoms with Crippen LogP contribution in [0.2, 0.25) is 0 Å². The number of carbonyl (C=O) groups is 4. The highest BCUT2D eigenvalue weighted by molar-refractivity contribution is 5.98. The third-order valence-electron chi connectivity index (χ3n) is 11.9. The summed E-state index contributed by atoms with van der Waals surface area (Å²) < 4.78 is 45.9. The van der Waals surface area contributed by atoms with Gasteiger partial charge in [-0.3, -0.25) is 19.2 Å². The number of amides is 3. The van der Waals surface area contributed by atoms with Gasteiger partial charge in [0.2, 0.25) is 11.8 Å². The van der Waals surface area contributed by atoms with Crippen LogP contribution in [0.5, 0.6) is 5.75 Å². The molecule has 0 spiro atoms. The van der Waals surface area contributed by atoms with E-state index in [9.17, 15) is 32.3 Å². The minimum atomic E-state index is -4.70. The fourth-order valence-electron chi connectivity index (χ4n) is 8.33. The number of carboxylic acids is 1. The first-order valence-electron chi connectivity index (χ1n) is 20.8. The van der Waals surface area contributed by atoms with E-state index in [1.54, 1.807) is 0 Å². The molecular formula is C47H52F3N5O6. The monoisotopic (exact) mass is 839 g/mol. The number of halogens is 3. The van der Waals surface area contributed by atoms with Crippen LogP contribution in [0.25, 0.3) is 17.0 Å². The van der Waals surface area contributed by atoms with Crippen molar-refractivity contribution in [2.45, 2.75) is 83.9 Å². The molecular weight excluding hydrogens is 788 g/mol. The van der Waals surface area contributed by atoms with Crippen LogP contribution >= 0.6 is 0 Å². The third kappa shape index (κ3) is 12.3. The molecule has 0 radical (unpaired) electrons. The zero-order valence-corrected chi connectivity index (χ0v) is 34.5. The third-order valence-corrected chi connectivity index (χ3v) is 11.9. The largest absolute Gasteiger partial charge is 0.497 e. The summed E-state index contributed by atoms with van der Waals surface area (Å²) in [7, 11) is 1.25. The topological polar surface area (TPSA) is 151 Å². The Kier molecular flexibility index (Phi) is 14.9. The summed E-state index contributed by atoms with van der Waals surface area (Å²) in [6, 6.07) is 16.5. The normalized spacial score (nSPS) is 17.8. The van der Waals surface area contributed by atoms with Crippen molar-refractivity contribution in [3.05, 3.63) is 113 Å². The molecule has 1 aromatic heterocycles. The van der Waals surface area contributed by atoms with Crippen molar-refractivity contribution in [3.8, 4) is 17.1 Å². The molecule has 2 aliphatic rings. The number of rotatable bonds is 16. The Morgan fingerprint density at radius 1 is 0.869 bits per heavy atom. The number of hydrogen-bond acceptors (Lipinski definition) is 7. The maximum absolute atomic E-state index is 13.8. The molecule has 1 unspecified atom stereocenters. The van der Waals surface area contributed by atoms with Crippen molar-refractivity contribution in [1.82, 2.24) is 20.2 Å². The molecule has 1 saturated carbocycles. The molecule has 14 heteroatoms. The highest BCUT2D eigenvalue weighted by atomic mass is 19.4. The molecule has 0 aliphatic heterocycles. The number of allylic oxidation sites excluding steroid dienone is 2. The zero-order valence-electron chi connectivity index (χ0n) is 34.5. The number of nitrogens with zero attached hydrogens (tertiary/aromatic N) is 3. The number of aromatic nitrogens is 2. The molecule has 3 aromatic carbocycles. The second-order valence-electron chi connectivity index (χ2n) is 15.9. The molecule has 1 fully saturated rings. The summed E-state index contributed by atoms with van der Waals surface area (Å²) in [6.45, 7) is 1.85. The molecule has 1 atom stereocenters. The van der Waals surface area contributed by atoms with Gasteiger partial charge in [0.1, 0.15) is 12.3 Å². The molecule has 6 rings (SSSR count). The van der Waals surface area contributed by atoms with Gasteiger partial charge in [-0.05, 0) is 103 Å². The van der Waals surface area contributed by atoms with E-state index in [0.29, 0.717) is 11.4 Å². The summed E-state index contributed by atoms with van der Waals surface area (Å²) in [6.07, 6.45) is 10.7. The molecule has 11 nitrogen and oxygen atoms in total. The van der Waals surface area contributed by atoms with Crippen LogP contribution in [0.15, 0.2) is 85.2 Å². The van der Waals surface area contributed by atoms with Crippen LogP contribution in [-0.2, 0) is 33.5 Å². The number of methoxy groups -OCH3 is 1. The highest BCUT2D eigenvalue weighted by Gasteiger charge is 2.34. The lowest BCUT2D eigenvalue weighted by atomic mass is 9.71. The lowest BCUT2D eigenvalue weighted by molar-refractivity contribution is -0.139. The number of ether oxygens (including phenoxy) is 1. The van der Waals surface area contributed by atoms with E-state index in [0.717, 1.165) is 47.8 Å². The predicted octanol–water partition coefficient (Wildman–Crippen LogP) is 8.99. The molecule has 4 aromatic rings. The summed E-state index contributed by atoms with van der Waals surface area (Å²) >= 11 is 0. The van der Waals surface area contributed by atoms with Crippen molar-refractivity contribution in [2.24, 2.45) is 17.8 Å². The highest BCUT2D eigenvalue weighted by Crippen LogP contribution is 2.42. The minimum Gasteiger partial charge on any atom is -0.497 e. The van der Waals surface area contributed by atoms with Crippen LogP contribution in [0.3, 0.4) is 0 Å². The number of benzene rings is 3. The Bertz CT molecular complexity index is 2180.